The minimum Gasteiger partial charge on any atom is -0.395 e. The predicted octanol–water partition coefficient (Wildman–Crippen LogP) is 2.35. The van der Waals surface area contributed by atoms with Crippen molar-refractivity contribution in [3.05, 3.63) is 45.1 Å². The zero-order valence-electron chi connectivity index (χ0n) is 12.2. The molecule has 0 aliphatic carbocycles. The van der Waals surface area contributed by atoms with Crippen molar-refractivity contribution in [1.29, 1.82) is 0 Å². The first-order chi connectivity index (χ1) is 11.6. The van der Waals surface area contributed by atoms with Crippen molar-refractivity contribution in [3.63, 3.8) is 0 Å². The summed E-state index contributed by atoms with van der Waals surface area (Å²) in [5.74, 6) is -1.24. The normalized spacial score (nSPS) is 11.1. The first-order valence-corrected chi connectivity index (χ1v) is 8.70. The molecule has 2 heterocycles. The van der Waals surface area contributed by atoms with Crippen molar-refractivity contribution >= 4 is 39.3 Å². The number of anilines is 1. The molecule has 10 heteroatoms. The van der Waals surface area contributed by atoms with Gasteiger partial charge in [-0.1, -0.05) is 35.2 Å². The second kappa shape index (κ2) is 7.24. The Bertz CT molecular complexity index is 929. The summed E-state index contributed by atoms with van der Waals surface area (Å²) in [6.07, 6.45) is 0. The van der Waals surface area contributed by atoms with Crippen LogP contribution >= 0.6 is 23.1 Å². The van der Waals surface area contributed by atoms with Crippen LogP contribution in [-0.2, 0) is 5.75 Å². The number of aromatic amines is 1. The van der Waals surface area contributed by atoms with Crippen LogP contribution in [0, 0.1) is 11.6 Å². The van der Waals surface area contributed by atoms with E-state index in [1.807, 2.05) is 0 Å². The van der Waals surface area contributed by atoms with Gasteiger partial charge in [-0.25, -0.2) is 18.7 Å². The van der Waals surface area contributed by atoms with Crippen LogP contribution < -0.4 is 10.2 Å². The fraction of sp³-hybridized carbons (Fsp3) is 0.214. The standard InChI is InChI=1S/C14H12F2N4O2S2/c15-8-3-1-2-7(9(8)16)6-23-13-18-11(17-4-5-21)10-12(19-13)20-14(22)24-10/h1-3,21H,4-6H2,(H2,17,18,19,20,22). The molecular formula is C14H12F2N4O2S2. The predicted molar refractivity (Wildman–Crippen MR) is 89.5 cm³/mol. The number of benzene rings is 1. The maximum absolute atomic E-state index is 13.7. The number of fused-ring (bicyclic) bond motifs is 1. The van der Waals surface area contributed by atoms with Crippen LogP contribution in [0.3, 0.4) is 0 Å². The summed E-state index contributed by atoms with van der Waals surface area (Å²) in [6, 6.07) is 3.98. The Morgan fingerprint density at radius 1 is 1.33 bits per heavy atom. The van der Waals surface area contributed by atoms with Gasteiger partial charge in [-0.15, -0.1) is 0 Å². The van der Waals surface area contributed by atoms with Crippen LogP contribution in [0.25, 0.3) is 10.3 Å². The molecule has 0 aliphatic heterocycles. The first-order valence-electron chi connectivity index (χ1n) is 6.89. The van der Waals surface area contributed by atoms with Crippen molar-refractivity contribution < 1.29 is 13.9 Å². The molecule has 0 spiro atoms. The number of thiazole rings is 1. The van der Waals surface area contributed by atoms with Crippen LogP contribution in [0.2, 0.25) is 0 Å². The molecule has 24 heavy (non-hydrogen) atoms. The Morgan fingerprint density at radius 3 is 2.96 bits per heavy atom. The highest BCUT2D eigenvalue weighted by molar-refractivity contribution is 7.98. The van der Waals surface area contributed by atoms with Gasteiger partial charge in [0.1, 0.15) is 4.70 Å². The highest BCUT2D eigenvalue weighted by atomic mass is 32.2. The molecule has 126 valence electrons. The van der Waals surface area contributed by atoms with E-state index < -0.39 is 11.6 Å². The minimum atomic E-state index is -0.906. The molecule has 0 amide bonds. The molecule has 6 nitrogen and oxygen atoms in total. The molecule has 0 saturated carbocycles. The van der Waals surface area contributed by atoms with Gasteiger partial charge in [0.15, 0.2) is 28.3 Å². The molecule has 0 fully saturated rings. The molecule has 1 aromatic carbocycles. The Morgan fingerprint density at radius 2 is 2.17 bits per heavy atom. The third-order valence-corrected chi connectivity index (χ3v) is 4.83. The smallest absolute Gasteiger partial charge is 0.306 e. The van der Waals surface area contributed by atoms with E-state index in [-0.39, 0.29) is 29.3 Å². The van der Waals surface area contributed by atoms with Gasteiger partial charge in [-0.3, -0.25) is 9.78 Å². The topological polar surface area (TPSA) is 90.9 Å². The molecule has 0 unspecified atom stereocenters. The van der Waals surface area contributed by atoms with E-state index in [0.717, 1.165) is 29.2 Å². The van der Waals surface area contributed by atoms with Crippen molar-refractivity contribution in [3.8, 4) is 0 Å². The number of aliphatic hydroxyl groups excluding tert-OH is 1. The third kappa shape index (κ3) is 3.55. The Hall–Kier alpha value is -2.04. The summed E-state index contributed by atoms with van der Waals surface area (Å²) < 4.78 is 27.5. The zero-order chi connectivity index (χ0) is 17.1. The Labute approximate surface area is 143 Å². The van der Waals surface area contributed by atoms with Gasteiger partial charge in [0.2, 0.25) is 0 Å². The highest BCUT2D eigenvalue weighted by Gasteiger charge is 2.13. The quantitative estimate of drug-likeness (QED) is 0.456. The first kappa shape index (κ1) is 16.8. The van der Waals surface area contributed by atoms with Crippen LogP contribution in [0.1, 0.15) is 5.56 Å². The fourth-order valence-electron chi connectivity index (χ4n) is 1.99. The van der Waals surface area contributed by atoms with Crippen molar-refractivity contribution in [2.45, 2.75) is 10.9 Å². The summed E-state index contributed by atoms with van der Waals surface area (Å²) >= 11 is 2.08. The SMILES string of the molecule is O=c1[nH]c2nc(SCc3cccc(F)c3F)nc(NCCO)c2s1. The second-order valence-electron chi connectivity index (χ2n) is 4.70. The fourth-order valence-corrected chi connectivity index (χ4v) is 3.55. The van der Waals surface area contributed by atoms with E-state index in [1.54, 1.807) is 0 Å². The largest absolute Gasteiger partial charge is 0.395 e. The van der Waals surface area contributed by atoms with Crippen LogP contribution in [0.15, 0.2) is 28.2 Å². The number of aliphatic hydroxyl groups is 1. The monoisotopic (exact) mass is 370 g/mol. The summed E-state index contributed by atoms with van der Waals surface area (Å²) in [5, 5.41) is 12.1. The van der Waals surface area contributed by atoms with E-state index in [2.05, 4.69) is 20.3 Å². The molecule has 0 aliphatic rings. The highest BCUT2D eigenvalue weighted by Crippen LogP contribution is 2.27. The number of hydrogen-bond acceptors (Lipinski definition) is 7. The number of hydrogen-bond donors (Lipinski definition) is 3. The number of nitrogens with one attached hydrogen (secondary N) is 2. The number of thioether (sulfide) groups is 1. The Kier molecular flexibility index (Phi) is 5.07. The van der Waals surface area contributed by atoms with Crippen LogP contribution in [0.5, 0.6) is 0 Å². The van der Waals surface area contributed by atoms with Gasteiger partial charge in [0.25, 0.3) is 0 Å². The molecular weight excluding hydrogens is 358 g/mol. The molecule has 0 radical (unpaired) electrons. The molecule has 0 atom stereocenters. The average molecular weight is 370 g/mol. The lowest BCUT2D eigenvalue weighted by Crippen LogP contribution is -2.08. The summed E-state index contributed by atoms with van der Waals surface area (Å²) in [6.45, 7) is 0.169. The maximum Gasteiger partial charge on any atom is 0.306 e. The van der Waals surface area contributed by atoms with Gasteiger partial charge in [0, 0.05) is 17.9 Å². The summed E-state index contributed by atoms with van der Waals surface area (Å²) in [4.78, 5) is 22.3. The van der Waals surface area contributed by atoms with E-state index in [9.17, 15) is 13.6 Å². The number of rotatable bonds is 6. The number of halogens is 2. The van der Waals surface area contributed by atoms with Gasteiger partial charge in [-0.05, 0) is 6.07 Å². The minimum absolute atomic E-state index is 0.0954. The zero-order valence-corrected chi connectivity index (χ0v) is 13.8. The third-order valence-electron chi connectivity index (χ3n) is 3.05. The molecule has 3 rings (SSSR count). The van der Waals surface area contributed by atoms with Crippen molar-refractivity contribution in [1.82, 2.24) is 15.0 Å². The van der Waals surface area contributed by atoms with Gasteiger partial charge in [-0.2, -0.15) is 0 Å². The molecule has 3 aromatic rings. The lowest BCUT2D eigenvalue weighted by atomic mass is 10.2. The summed E-state index contributed by atoms with van der Waals surface area (Å²) in [7, 11) is 0. The van der Waals surface area contributed by atoms with E-state index >= 15 is 0 Å². The second-order valence-corrected chi connectivity index (χ2v) is 6.62. The molecule has 0 bridgehead atoms. The van der Waals surface area contributed by atoms with E-state index in [4.69, 9.17) is 5.11 Å². The van der Waals surface area contributed by atoms with Gasteiger partial charge in [0.05, 0.1) is 6.61 Å². The van der Waals surface area contributed by atoms with Crippen LogP contribution in [-0.4, -0.2) is 33.2 Å². The van der Waals surface area contributed by atoms with Crippen LogP contribution in [0.4, 0.5) is 14.6 Å². The number of aromatic nitrogens is 3. The Balaban J connectivity index is 1.88. The molecule has 0 saturated heterocycles. The number of H-pyrrole nitrogens is 1. The lowest BCUT2D eigenvalue weighted by molar-refractivity contribution is 0.311. The number of nitrogens with zero attached hydrogens (tertiary/aromatic N) is 2. The average Bonchev–Trinajstić information content (AvgIpc) is 2.94. The van der Waals surface area contributed by atoms with Crippen molar-refractivity contribution in [2.75, 3.05) is 18.5 Å². The van der Waals surface area contributed by atoms with Gasteiger partial charge < -0.3 is 10.4 Å². The summed E-state index contributed by atoms with van der Waals surface area (Å²) in [5.41, 5.74) is 0.565. The maximum atomic E-state index is 13.7. The van der Waals surface area contributed by atoms with Crippen molar-refractivity contribution in [2.24, 2.45) is 0 Å². The van der Waals surface area contributed by atoms with E-state index in [1.165, 1.54) is 12.1 Å². The molecule has 3 N–H and O–H groups in total. The lowest BCUT2D eigenvalue weighted by Gasteiger charge is -2.07. The molecule has 2 aromatic heterocycles. The van der Waals surface area contributed by atoms with E-state index in [0.29, 0.717) is 21.3 Å². The van der Waals surface area contributed by atoms with Gasteiger partial charge >= 0.3 is 4.87 Å².